The van der Waals surface area contributed by atoms with E-state index in [4.69, 9.17) is 11.6 Å². The molecule has 0 spiro atoms. The first-order chi connectivity index (χ1) is 18.6. The fourth-order valence-corrected chi connectivity index (χ4v) is 5.75. The number of likely N-dealkylation sites (tertiary alicyclic amines) is 1. The highest BCUT2D eigenvalue weighted by molar-refractivity contribution is 6.30. The lowest BCUT2D eigenvalue weighted by Gasteiger charge is -2.36. The fourth-order valence-electron chi connectivity index (χ4n) is 5.62. The summed E-state index contributed by atoms with van der Waals surface area (Å²) in [6, 6.07) is 8.51. The van der Waals surface area contributed by atoms with Gasteiger partial charge >= 0.3 is 6.03 Å². The van der Waals surface area contributed by atoms with Crippen LogP contribution in [-0.4, -0.2) is 85.7 Å². The molecule has 5 heterocycles. The number of carbonyl (C=O) groups excluding carboxylic acids is 2. The Morgan fingerprint density at radius 3 is 2.29 bits per heavy atom. The molecule has 0 saturated carbocycles. The normalized spacial score (nSPS) is 19.9. The van der Waals surface area contributed by atoms with Crippen LogP contribution < -0.4 is 10.2 Å². The molecule has 1 atom stereocenters. The molecule has 11 nitrogen and oxygen atoms in total. The number of amides is 3. The Morgan fingerprint density at radius 1 is 0.868 bits per heavy atom. The summed E-state index contributed by atoms with van der Waals surface area (Å²) in [6.07, 6.45) is 6.55. The van der Waals surface area contributed by atoms with E-state index in [9.17, 15) is 9.59 Å². The van der Waals surface area contributed by atoms with Gasteiger partial charge in [-0.3, -0.25) is 4.79 Å². The molecular formula is C26H30ClN9O2. The Morgan fingerprint density at radius 2 is 1.58 bits per heavy atom. The summed E-state index contributed by atoms with van der Waals surface area (Å²) < 4.78 is 2.09. The number of piperazine rings is 1. The molecule has 0 aliphatic carbocycles. The van der Waals surface area contributed by atoms with Gasteiger partial charge in [0.05, 0.1) is 0 Å². The Balaban J connectivity index is 1.07. The minimum atomic E-state index is -0.263. The van der Waals surface area contributed by atoms with Crippen LogP contribution in [0, 0.1) is 0 Å². The average Bonchev–Trinajstić information content (AvgIpc) is 3.57. The van der Waals surface area contributed by atoms with Crippen molar-refractivity contribution in [3.8, 4) is 0 Å². The quantitative estimate of drug-likeness (QED) is 0.546. The van der Waals surface area contributed by atoms with Gasteiger partial charge in [-0.15, -0.1) is 10.2 Å². The van der Waals surface area contributed by atoms with E-state index in [0.717, 1.165) is 43.0 Å². The maximum absolute atomic E-state index is 13.6. The van der Waals surface area contributed by atoms with Crippen LogP contribution in [-0.2, 0) is 11.2 Å². The van der Waals surface area contributed by atoms with Crippen molar-refractivity contribution < 1.29 is 9.59 Å². The lowest BCUT2D eigenvalue weighted by atomic mass is 9.95. The first-order valence-corrected chi connectivity index (χ1v) is 13.5. The number of hydrogen-bond acceptors (Lipinski definition) is 7. The molecule has 6 rings (SSSR count). The van der Waals surface area contributed by atoms with Gasteiger partial charge in [-0.2, -0.15) is 0 Å². The smallest absolute Gasteiger partial charge is 0.321 e. The molecule has 0 radical (unpaired) electrons. The number of anilines is 2. The van der Waals surface area contributed by atoms with E-state index in [0.29, 0.717) is 50.2 Å². The van der Waals surface area contributed by atoms with Crippen molar-refractivity contribution in [1.82, 2.24) is 34.5 Å². The maximum Gasteiger partial charge on any atom is 0.321 e. The molecule has 3 aliphatic heterocycles. The Hall–Kier alpha value is -3.73. The number of fused-ring (bicyclic) bond motifs is 1. The van der Waals surface area contributed by atoms with E-state index in [1.54, 1.807) is 42.7 Å². The number of aromatic nitrogens is 5. The van der Waals surface area contributed by atoms with Gasteiger partial charge in [-0.05, 0) is 49.6 Å². The third-order valence-corrected chi connectivity index (χ3v) is 7.95. The third-order valence-electron chi connectivity index (χ3n) is 7.70. The van der Waals surface area contributed by atoms with Gasteiger partial charge < -0.3 is 24.6 Å². The number of nitrogens with one attached hydrogen (secondary N) is 1. The highest BCUT2D eigenvalue weighted by atomic mass is 35.5. The van der Waals surface area contributed by atoms with E-state index < -0.39 is 0 Å². The standard InChI is InChI=1S/C26H30ClN9O2/c27-19-2-4-20(5-3-19)30-26(38)35-12-8-18(9-13-35)23-32-31-22-7-6-21(36(22)23)24(37)33-14-16-34(17-15-33)25-28-10-1-11-29-25/h1-5,10-11,18,21H,6-9,12-17H2,(H,30,38). The molecule has 3 aromatic rings. The molecule has 2 saturated heterocycles. The van der Waals surface area contributed by atoms with Crippen LogP contribution in [0.1, 0.15) is 42.9 Å². The number of rotatable bonds is 4. The molecule has 3 amide bonds. The first-order valence-electron chi connectivity index (χ1n) is 13.1. The summed E-state index contributed by atoms with van der Waals surface area (Å²) in [5.74, 6) is 2.77. The van der Waals surface area contributed by atoms with Crippen molar-refractivity contribution in [3.63, 3.8) is 0 Å². The highest BCUT2D eigenvalue weighted by Gasteiger charge is 2.38. The molecule has 1 N–H and O–H groups in total. The van der Waals surface area contributed by atoms with Crippen molar-refractivity contribution in [2.24, 2.45) is 0 Å². The summed E-state index contributed by atoms with van der Waals surface area (Å²) >= 11 is 5.94. The Bertz CT molecular complexity index is 1280. The van der Waals surface area contributed by atoms with Crippen LogP contribution in [0.3, 0.4) is 0 Å². The van der Waals surface area contributed by atoms with E-state index in [1.165, 1.54) is 0 Å². The van der Waals surface area contributed by atoms with Gasteiger partial charge in [0.15, 0.2) is 0 Å². The van der Waals surface area contributed by atoms with E-state index in [-0.39, 0.29) is 23.9 Å². The highest BCUT2D eigenvalue weighted by Crippen LogP contribution is 2.35. The minimum absolute atomic E-state index is 0.120. The second-order valence-corrected chi connectivity index (χ2v) is 10.4. The van der Waals surface area contributed by atoms with Gasteiger partial charge in [0.1, 0.15) is 17.7 Å². The molecule has 1 unspecified atom stereocenters. The summed E-state index contributed by atoms with van der Waals surface area (Å²) in [7, 11) is 0. The SMILES string of the molecule is O=C(Nc1ccc(Cl)cc1)N1CCC(c2nnc3n2C(C(=O)N2CCN(c4ncccn4)CC2)CC3)CC1. The zero-order chi connectivity index (χ0) is 26.1. The summed E-state index contributed by atoms with van der Waals surface area (Å²) in [5.41, 5.74) is 0.718. The molecule has 2 aromatic heterocycles. The van der Waals surface area contributed by atoms with Crippen molar-refractivity contribution in [1.29, 1.82) is 0 Å². The van der Waals surface area contributed by atoms with Crippen LogP contribution in [0.15, 0.2) is 42.7 Å². The van der Waals surface area contributed by atoms with E-state index >= 15 is 0 Å². The fraction of sp³-hybridized carbons (Fsp3) is 0.462. The Labute approximate surface area is 225 Å². The predicted octanol–water partition coefficient (Wildman–Crippen LogP) is 2.97. The van der Waals surface area contributed by atoms with Gasteiger partial charge in [0.25, 0.3) is 0 Å². The number of carbonyl (C=O) groups is 2. The summed E-state index contributed by atoms with van der Waals surface area (Å²) in [6.45, 7) is 3.94. The molecule has 12 heteroatoms. The molecule has 1 aromatic carbocycles. The average molecular weight is 536 g/mol. The Kier molecular flexibility index (Phi) is 6.84. The molecule has 0 bridgehead atoms. The number of aryl methyl sites for hydroxylation is 1. The van der Waals surface area contributed by atoms with E-state index in [2.05, 4.69) is 34.9 Å². The number of hydrogen-bond donors (Lipinski definition) is 1. The summed E-state index contributed by atoms with van der Waals surface area (Å²) in [5, 5.41) is 12.5. The van der Waals surface area contributed by atoms with Crippen molar-refractivity contribution >= 4 is 35.2 Å². The molecule has 2 fully saturated rings. The van der Waals surface area contributed by atoms with Crippen molar-refractivity contribution in [2.45, 2.75) is 37.6 Å². The number of benzene rings is 1. The molecule has 38 heavy (non-hydrogen) atoms. The number of halogens is 1. The van der Waals surface area contributed by atoms with Crippen molar-refractivity contribution in [2.75, 3.05) is 49.5 Å². The number of piperidine rings is 1. The number of urea groups is 1. The van der Waals surface area contributed by atoms with Gasteiger partial charge in [0, 0.05) is 74.7 Å². The second-order valence-electron chi connectivity index (χ2n) is 9.96. The van der Waals surface area contributed by atoms with Gasteiger partial charge in [-0.1, -0.05) is 11.6 Å². The topological polar surface area (TPSA) is 112 Å². The maximum atomic E-state index is 13.6. The molecular weight excluding hydrogens is 506 g/mol. The zero-order valence-corrected chi connectivity index (χ0v) is 21.8. The lowest BCUT2D eigenvalue weighted by Crippen LogP contribution is -2.51. The molecule has 198 valence electrons. The second kappa shape index (κ2) is 10.6. The third kappa shape index (κ3) is 4.90. The lowest BCUT2D eigenvalue weighted by molar-refractivity contribution is -0.135. The first kappa shape index (κ1) is 24.6. The van der Waals surface area contributed by atoms with Gasteiger partial charge in [0.2, 0.25) is 11.9 Å². The number of nitrogens with zero attached hydrogens (tertiary/aromatic N) is 8. The van der Waals surface area contributed by atoms with Crippen LogP contribution in [0.2, 0.25) is 5.02 Å². The largest absolute Gasteiger partial charge is 0.337 e. The van der Waals surface area contributed by atoms with Crippen LogP contribution in [0.4, 0.5) is 16.4 Å². The monoisotopic (exact) mass is 535 g/mol. The summed E-state index contributed by atoms with van der Waals surface area (Å²) in [4.78, 5) is 40.9. The van der Waals surface area contributed by atoms with Crippen LogP contribution in [0.5, 0.6) is 0 Å². The van der Waals surface area contributed by atoms with Crippen LogP contribution in [0.25, 0.3) is 0 Å². The van der Waals surface area contributed by atoms with Gasteiger partial charge in [-0.25, -0.2) is 14.8 Å². The zero-order valence-electron chi connectivity index (χ0n) is 21.0. The predicted molar refractivity (Wildman–Crippen MR) is 142 cm³/mol. The van der Waals surface area contributed by atoms with Crippen molar-refractivity contribution in [3.05, 3.63) is 59.4 Å². The molecule has 3 aliphatic rings. The minimum Gasteiger partial charge on any atom is -0.337 e. The van der Waals surface area contributed by atoms with Crippen LogP contribution >= 0.6 is 11.6 Å². The van der Waals surface area contributed by atoms with E-state index in [1.807, 2.05) is 9.80 Å².